The number of rotatable bonds is 13. The first-order chi connectivity index (χ1) is 15.5. The molecular formula is C26H39N3O3. The third-order valence-corrected chi connectivity index (χ3v) is 5.57. The van der Waals surface area contributed by atoms with Gasteiger partial charge >= 0.3 is 0 Å². The summed E-state index contributed by atoms with van der Waals surface area (Å²) in [5.74, 6) is 1.32. The van der Waals surface area contributed by atoms with Gasteiger partial charge in [-0.15, -0.1) is 0 Å². The number of carbonyl (C=O) groups excluding carboxylic acids is 1. The van der Waals surface area contributed by atoms with Gasteiger partial charge in [-0.05, 0) is 73.2 Å². The lowest BCUT2D eigenvalue weighted by atomic mass is 9.95. The first-order valence-electron chi connectivity index (χ1n) is 11.6. The lowest BCUT2D eigenvalue weighted by Crippen LogP contribution is -2.35. The fraction of sp³-hybridized carbons (Fsp3) is 0.500. The molecule has 6 nitrogen and oxygen atoms in total. The molecule has 0 heterocycles. The van der Waals surface area contributed by atoms with E-state index in [1.165, 1.54) is 0 Å². The van der Waals surface area contributed by atoms with Crippen LogP contribution in [0.3, 0.4) is 0 Å². The van der Waals surface area contributed by atoms with E-state index in [0.29, 0.717) is 24.4 Å². The Balaban J connectivity index is 2.47. The summed E-state index contributed by atoms with van der Waals surface area (Å²) < 4.78 is 11.3. The number of methoxy groups -OCH3 is 2. The van der Waals surface area contributed by atoms with Crippen LogP contribution in [0.4, 0.5) is 5.69 Å². The number of nitrogens with one attached hydrogen (secondary N) is 1. The van der Waals surface area contributed by atoms with E-state index in [4.69, 9.17) is 20.9 Å². The van der Waals surface area contributed by atoms with E-state index in [0.717, 1.165) is 66.5 Å². The number of unbranched alkanes of at least 4 members (excludes halogenated alkanes) is 1. The molecule has 0 saturated carbocycles. The lowest BCUT2D eigenvalue weighted by molar-refractivity contribution is -0.117. The van der Waals surface area contributed by atoms with Crippen LogP contribution in [0, 0.1) is 0 Å². The van der Waals surface area contributed by atoms with Crippen LogP contribution in [0.2, 0.25) is 0 Å². The van der Waals surface area contributed by atoms with Crippen molar-refractivity contribution in [3.63, 3.8) is 0 Å². The van der Waals surface area contributed by atoms with Crippen LogP contribution in [0.25, 0.3) is 11.1 Å². The zero-order valence-corrected chi connectivity index (χ0v) is 20.0. The van der Waals surface area contributed by atoms with Crippen molar-refractivity contribution in [3.8, 4) is 22.6 Å². The minimum atomic E-state index is -0.582. The molecule has 32 heavy (non-hydrogen) atoms. The van der Waals surface area contributed by atoms with Crippen molar-refractivity contribution in [3.05, 3.63) is 41.5 Å². The molecule has 0 unspecified atom stereocenters. The number of ether oxygens (including phenoxy) is 2. The zero-order chi connectivity index (χ0) is 23.5. The van der Waals surface area contributed by atoms with Gasteiger partial charge < -0.3 is 26.3 Å². The number of nitrogens with two attached hydrogens (primary N) is 2. The van der Waals surface area contributed by atoms with Gasteiger partial charge in [0.1, 0.15) is 11.5 Å². The molecule has 176 valence electrons. The molecule has 2 aromatic carbocycles. The van der Waals surface area contributed by atoms with E-state index < -0.39 is 6.04 Å². The van der Waals surface area contributed by atoms with E-state index in [1.54, 1.807) is 14.2 Å². The van der Waals surface area contributed by atoms with Crippen molar-refractivity contribution >= 4 is 11.6 Å². The Morgan fingerprint density at radius 3 is 2.41 bits per heavy atom. The second kappa shape index (κ2) is 13.1. The molecule has 0 aliphatic carbocycles. The quantitative estimate of drug-likeness (QED) is 0.392. The predicted octanol–water partition coefficient (Wildman–Crippen LogP) is 4.67. The van der Waals surface area contributed by atoms with E-state index in [1.807, 2.05) is 18.2 Å². The fourth-order valence-corrected chi connectivity index (χ4v) is 3.92. The first kappa shape index (κ1) is 25.7. The van der Waals surface area contributed by atoms with Gasteiger partial charge in [0.15, 0.2) is 0 Å². The summed E-state index contributed by atoms with van der Waals surface area (Å²) >= 11 is 0. The minimum absolute atomic E-state index is 0.207. The normalized spacial score (nSPS) is 11.8. The van der Waals surface area contributed by atoms with E-state index in [-0.39, 0.29) is 5.91 Å². The van der Waals surface area contributed by atoms with E-state index >= 15 is 0 Å². The van der Waals surface area contributed by atoms with E-state index in [2.05, 4.69) is 31.3 Å². The Labute approximate surface area is 192 Å². The van der Waals surface area contributed by atoms with E-state index in [9.17, 15) is 4.79 Å². The number of aryl methyl sites for hydroxylation is 2. The molecule has 0 spiro atoms. The lowest BCUT2D eigenvalue weighted by Gasteiger charge is -2.19. The topological polar surface area (TPSA) is 99.6 Å². The van der Waals surface area contributed by atoms with Crippen LogP contribution >= 0.6 is 0 Å². The Hall–Kier alpha value is -2.57. The molecule has 0 aliphatic heterocycles. The highest BCUT2D eigenvalue weighted by molar-refractivity contribution is 5.97. The van der Waals surface area contributed by atoms with Crippen molar-refractivity contribution in [2.75, 3.05) is 26.1 Å². The average Bonchev–Trinajstić information content (AvgIpc) is 2.79. The number of carbonyl (C=O) groups is 1. The van der Waals surface area contributed by atoms with Crippen molar-refractivity contribution in [2.24, 2.45) is 11.5 Å². The molecular weight excluding hydrogens is 402 g/mol. The fourth-order valence-electron chi connectivity index (χ4n) is 3.92. The van der Waals surface area contributed by atoms with Crippen LogP contribution in [-0.4, -0.2) is 32.7 Å². The number of hydrogen-bond donors (Lipinski definition) is 3. The van der Waals surface area contributed by atoms with Crippen molar-refractivity contribution < 1.29 is 14.3 Å². The van der Waals surface area contributed by atoms with Crippen LogP contribution in [0.5, 0.6) is 11.5 Å². The van der Waals surface area contributed by atoms with Crippen molar-refractivity contribution in [1.82, 2.24) is 0 Å². The molecule has 6 heteroatoms. The summed E-state index contributed by atoms with van der Waals surface area (Å²) in [5.41, 5.74) is 16.6. The Morgan fingerprint density at radius 2 is 1.78 bits per heavy atom. The summed E-state index contributed by atoms with van der Waals surface area (Å²) in [4.78, 5) is 12.8. The number of anilines is 1. The second-order valence-electron chi connectivity index (χ2n) is 8.13. The predicted molar refractivity (Wildman–Crippen MR) is 132 cm³/mol. The third-order valence-electron chi connectivity index (χ3n) is 5.57. The van der Waals surface area contributed by atoms with Gasteiger partial charge in [0.25, 0.3) is 0 Å². The van der Waals surface area contributed by atoms with Gasteiger partial charge in [0.05, 0.1) is 25.9 Å². The first-order valence-corrected chi connectivity index (χ1v) is 11.6. The van der Waals surface area contributed by atoms with Gasteiger partial charge in [0, 0.05) is 5.56 Å². The second-order valence-corrected chi connectivity index (χ2v) is 8.13. The molecule has 0 fully saturated rings. The molecule has 0 aliphatic rings. The summed E-state index contributed by atoms with van der Waals surface area (Å²) in [7, 11) is 3.33. The van der Waals surface area contributed by atoms with Gasteiger partial charge in [-0.1, -0.05) is 39.2 Å². The highest BCUT2D eigenvalue weighted by atomic mass is 16.5. The Morgan fingerprint density at radius 1 is 1.03 bits per heavy atom. The highest BCUT2D eigenvalue weighted by Gasteiger charge is 2.19. The minimum Gasteiger partial charge on any atom is -0.496 e. The van der Waals surface area contributed by atoms with Crippen LogP contribution in [-0.2, 0) is 17.6 Å². The molecule has 5 N–H and O–H groups in total. The largest absolute Gasteiger partial charge is 0.496 e. The van der Waals surface area contributed by atoms with Gasteiger partial charge in [-0.2, -0.15) is 0 Å². The Kier molecular flexibility index (Phi) is 10.5. The Bertz CT molecular complexity index is 883. The maximum Gasteiger partial charge on any atom is 0.241 e. The molecule has 0 bridgehead atoms. The molecule has 1 amide bonds. The van der Waals surface area contributed by atoms with Crippen LogP contribution in [0.15, 0.2) is 30.3 Å². The van der Waals surface area contributed by atoms with Crippen molar-refractivity contribution in [2.45, 2.75) is 64.8 Å². The maximum absolute atomic E-state index is 12.8. The van der Waals surface area contributed by atoms with Crippen molar-refractivity contribution in [1.29, 1.82) is 0 Å². The van der Waals surface area contributed by atoms with Gasteiger partial charge in [-0.25, -0.2) is 0 Å². The summed E-state index contributed by atoms with van der Waals surface area (Å²) in [6.45, 7) is 4.90. The van der Waals surface area contributed by atoms with Gasteiger partial charge in [-0.3, -0.25) is 4.79 Å². The molecule has 2 aromatic rings. The average molecular weight is 442 g/mol. The number of hydrogen-bond acceptors (Lipinski definition) is 5. The molecule has 0 saturated heterocycles. The molecule has 0 radical (unpaired) electrons. The maximum atomic E-state index is 12.8. The molecule has 2 rings (SSSR count). The van der Waals surface area contributed by atoms with Crippen LogP contribution in [0.1, 0.15) is 57.1 Å². The number of benzene rings is 2. The monoisotopic (exact) mass is 441 g/mol. The summed E-state index contributed by atoms with van der Waals surface area (Å²) in [6.07, 6.45) is 6.15. The van der Waals surface area contributed by atoms with Gasteiger partial charge in [0.2, 0.25) is 5.91 Å². The number of amides is 1. The smallest absolute Gasteiger partial charge is 0.241 e. The third kappa shape index (κ3) is 6.71. The zero-order valence-electron chi connectivity index (χ0n) is 20.0. The SMILES string of the molecule is CCCc1cc(NC(=O)[C@@H](N)CCCCN)c(OC)c(-c2ccc(OC)c(CCC)c2)c1. The molecule has 1 atom stereocenters. The van der Waals surface area contributed by atoms with Crippen LogP contribution < -0.4 is 26.3 Å². The molecule has 0 aromatic heterocycles. The summed E-state index contributed by atoms with van der Waals surface area (Å²) in [6, 6.07) is 9.75. The highest BCUT2D eigenvalue weighted by Crippen LogP contribution is 2.40. The standard InChI is InChI=1S/C26H39N3O3/c1-5-9-18-15-21(19-12-13-24(31-3)20(17-19)10-6-2)25(32-4)23(16-18)29-26(30)22(28)11-7-8-14-27/h12-13,15-17,22H,5-11,14,27-28H2,1-4H3,(H,29,30)/t22-/m0/s1. The summed E-state index contributed by atoms with van der Waals surface area (Å²) in [5, 5.41) is 3.01.